The van der Waals surface area contributed by atoms with Gasteiger partial charge in [-0.3, -0.25) is 4.79 Å². The third kappa shape index (κ3) is 5.57. The summed E-state index contributed by atoms with van der Waals surface area (Å²) >= 11 is 12.6. The van der Waals surface area contributed by atoms with Gasteiger partial charge in [0.25, 0.3) is 5.91 Å². The highest BCUT2D eigenvalue weighted by Crippen LogP contribution is 2.35. The summed E-state index contributed by atoms with van der Waals surface area (Å²) in [5.74, 6) is 0.481. The molecule has 178 valence electrons. The largest absolute Gasteiger partial charge is 0.496 e. The summed E-state index contributed by atoms with van der Waals surface area (Å²) in [7, 11) is 1.59. The average Bonchev–Trinajstić information content (AvgIpc) is 2.89. The van der Waals surface area contributed by atoms with Gasteiger partial charge < -0.3 is 15.0 Å². The number of benzene rings is 3. The van der Waals surface area contributed by atoms with Crippen LogP contribution in [0.4, 0.5) is 0 Å². The third-order valence-electron chi connectivity index (χ3n) is 6.87. The monoisotopic (exact) mass is 496 g/mol. The Bertz CT molecular complexity index is 1110. The molecule has 0 spiro atoms. The Kier molecular flexibility index (Phi) is 8.15. The van der Waals surface area contributed by atoms with Gasteiger partial charge in [-0.15, -0.1) is 0 Å². The molecule has 0 bridgehead atoms. The van der Waals surface area contributed by atoms with Gasteiger partial charge in [0, 0.05) is 18.5 Å². The van der Waals surface area contributed by atoms with Crippen molar-refractivity contribution in [2.75, 3.05) is 33.3 Å². The molecule has 0 saturated carbocycles. The maximum atomic E-state index is 13.0. The Hall–Kier alpha value is -2.53. The number of hydrogen-bond donors (Lipinski definition) is 1. The highest BCUT2D eigenvalue weighted by atomic mass is 35.5. The minimum Gasteiger partial charge on any atom is -0.496 e. The van der Waals surface area contributed by atoms with E-state index in [4.69, 9.17) is 27.9 Å². The molecule has 1 fully saturated rings. The van der Waals surface area contributed by atoms with E-state index in [0.717, 1.165) is 44.5 Å². The van der Waals surface area contributed by atoms with Crippen molar-refractivity contribution < 1.29 is 9.53 Å². The molecular formula is C28H30Cl2N2O2. The molecule has 4 nitrogen and oxygen atoms in total. The van der Waals surface area contributed by atoms with Crippen LogP contribution in [0.2, 0.25) is 10.0 Å². The molecule has 3 aromatic rings. The first-order valence-electron chi connectivity index (χ1n) is 11.6. The highest BCUT2D eigenvalue weighted by molar-refractivity contribution is 6.42. The van der Waals surface area contributed by atoms with Gasteiger partial charge in [0.2, 0.25) is 0 Å². The van der Waals surface area contributed by atoms with Crippen molar-refractivity contribution in [3.05, 3.63) is 99.5 Å². The zero-order valence-electron chi connectivity index (χ0n) is 19.4. The van der Waals surface area contributed by atoms with Gasteiger partial charge >= 0.3 is 0 Å². The number of halogens is 2. The van der Waals surface area contributed by atoms with E-state index in [1.54, 1.807) is 13.2 Å². The Morgan fingerprint density at radius 1 is 0.971 bits per heavy atom. The normalized spacial score (nSPS) is 15.6. The summed E-state index contributed by atoms with van der Waals surface area (Å²) in [6.07, 6.45) is 2.79. The lowest BCUT2D eigenvalue weighted by Crippen LogP contribution is -2.49. The number of amides is 1. The van der Waals surface area contributed by atoms with Gasteiger partial charge in [-0.2, -0.15) is 0 Å². The Morgan fingerprint density at radius 2 is 1.68 bits per heavy atom. The van der Waals surface area contributed by atoms with Crippen molar-refractivity contribution in [3.8, 4) is 5.75 Å². The van der Waals surface area contributed by atoms with Gasteiger partial charge in [0.05, 0.1) is 22.7 Å². The lowest BCUT2D eigenvalue weighted by Gasteiger charge is -2.42. The van der Waals surface area contributed by atoms with Gasteiger partial charge in [-0.05, 0) is 61.7 Å². The molecule has 4 rings (SSSR count). The predicted octanol–water partition coefficient (Wildman–Crippen LogP) is 6.01. The number of nitrogens with one attached hydrogen (secondary N) is 1. The number of carbonyl (C=O) groups excluding carboxylic acids is 1. The van der Waals surface area contributed by atoms with Crippen molar-refractivity contribution in [2.45, 2.75) is 24.7 Å². The van der Waals surface area contributed by atoms with Crippen LogP contribution in [-0.4, -0.2) is 44.1 Å². The van der Waals surface area contributed by atoms with Crippen LogP contribution in [-0.2, 0) is 11.8 Å². The standard InChI is InChI=1S/C28H30Cl2N2O2/c1-34-25-13-6-5-11-23(25)27(33)31-20-28(22-9-3-2-4-10-22)15-18-32(19-16-28)17-14-21-8-7-12-24(29)26(21)30/h2-13H,14-20H2,1H3,(H,31,33). The summed E-state index contributed by atoms with van der Waals surface area (Å²) in [4.78, 5) is 15.5. The van der Waals surface area contributed by atoms with Gasteiger partial charge in [-0.1, -0.05) is 77.8 Å². The molecule has 0 radical (unpaired) electrons. The summed E-state index contributed by atoms with van der Waals surface area (Å²) in [6.45, 7) is 3.43. The van der Waals surface area contributed by atoms with Crippen LogP contribution in [0.25, 0.3) is 0 Å². The smallest absolute Gasteiger partial charge is 0.255 e. The number of para-hydroxylation sites is 1. The van der Waals surface area contributed by atoms with Crippen LogP contribution in [0.1, 0.15) is 34.3 Å². The second kappa shape index (κ2) is 11.3. The van der Waals surface area contributed by atoms with Gasteiger partial charge in [0.1, 0.15) is 5.75 Å². The summed E-state index contributed by atoms with van der Waals surface area (Å²) in [6, 6.07) is 23.7. The van der Waals surface area contributed by atoms with E-state index in [1.165, 1.54) is 5.56 Å². The van der Waals surface area contributed by atoms with E-state index >= 15 is 0 Å². The second-order valence-electron chi connectivity index (χ2n) is 8.83. The maximum Gasteiger partial charge on any atom is 0.255 e. The lowest BCUT2D eigenvalue weighted by atomic mass is 9.72. The van der Waals surface area contributed by atoms with Crippen LogP contribution in [0.5, 0.6) is 5.75 Å². The van der Waals surface area contributed by atoms with E-state index in [1.807, 2.05) is 42.5 Å². The van der Waals surface area contributed by atoms with Gasteiger partial charge in [0.15, 0.2) is 0 Å². The molecule has 0 unspecified atom stereocenters. The number of nitrogens with zero attached hydrogens (tertiary/aromatic N) is 1. The summed E-state index contributed by atoms with van der Waals surface area (Å²) < 4.78 is 5.38. The predicted molar refractivity (Wildman–Crippen MR) is 139 cm³/mol. The maximum absolute atomic E-state index is 13.0. The number of rotatable bonds is 8. The number of hydrogen-bond acceptors (Lipinski definition) is 3. The van der Waals surface area contributed by atoms with Crippen molar-refractivity contribution in [2.24, 2.45) is 0 Å². The zero-order valence-corrected chi connectivity index (χ0v) is 20.9. The molecule has 0 aromatic heterocycles. The molecule has 1 amide bonds. The van der Waals surface area contributed by atoms with E-state index in [2.05, 4.69) is 34.5 Å². The topological polar surface area (TPSA) is 41.6 Å². The average molecular weight is 497 g/mol. The van der Waals surface area contributed by atoms with Crippen molar-refractivity contribution in [1.82, 2.24) is 10.2 Å². The van der Waals surface area contributed by atoms with E-state index in [0.29, 0.717) is 27.9 Å². The summed E-state index contributed by atoms with van der Waals surface area (Å²) in [5.41, 5.74) is 2.80. The fraction of sp³-hybridized carbons (Fsp3) is 0.321. The molecule has 1 heterocycles. The molecule has 6 heteroatoms. The van der Waals surface area contributed by atoms with Crippen LogP contribution >= 0.6 is 23.2 Å². The van der Waals surface area contributed by atoms with Crippen LogP contribution in [0, 0.1) is 0 Å². The zero-order chi connectivity index (χ0) is 24.0. The van der Waals surface area contributed by atoms with Crippen LogP contribution < -0.4 is 10.1 Å². The Labute approximate surface area is 211 Å². The van der Waals surface area contributed by atoms with Crippen molar-refractivity contribution in [1.29, 1.82) is 0 Å². The number of piperidine rings is 1. The fourth-order valence-electron chi connectivity index (χ4n) is 4.76. The molecule has 0 atom stereocenters. The Morgan fingerprint density at radius 3 is 2.41 bits per heavy atom. The summed E-state index contributed by atoms with van der Waals surface area (Å²) in [5, 5.41) is 4.45. The molecular weight excluding hydrogens is 467 g/mol. The molecule has 3 aromatic carbocycles. The number of ether oxygens (including phenoxy) is 1. The highest BCUT2D eigenvalue weighted by Gasteiger charge is 2.36. The number of carbonyl (C=O) groups is 1. The molecule has 1 saturated heterocycles. The third-order valence-corrected chi connectivity index (χ3v) is 7.73. The Balaban J connectivity index is 1.43. The SMILES string of the molecule is COc1ccccc1C(=O)NCC1(c2ccccc2)CCN(CCc2cccc(Cl)c2Cl)CC1. The van der Waals surface area contributed by atoms with E-state index in [9.17, 15) is 4.79 Å². The first kappa shape index (κ1) is 24.6. The number of likely N-dealkylation sites (tertiary alicyclic amines) is 1. The minimum absolute atomic E-state index is 0.106. The molecule has 34 heavy (non-hydrogen) atoms. The minimum atomic E-state index is -0.108. The second-order valence-corrected chi connectivity index (χ2v) is 9.62. The molecule has 1 N–H and O–H groups in total. The van der Waals surface area contributed by atoms with Crippen molar-refractivity contribution >= 4 is 29.1 Å². The van der Waals surface area contributed by atoms with E-state index in [-0.39, 0.29) is 11.3 Å². The van der Waals surface area contributed by atoms with Crippen LogP contribution in [0.15, 0.2) is 72.8 Å². The fourth-order valence-corrected chi connectivity index (χ4v) is 5.18. The molecule has 1 aliphatic rings. The quantitative estimate of drug-likeness (QED) is 0.415. The van der Waals surface area contributed by atoms with Crippen molar-refractivity contribution in [3.63, 3.8) is 0 Å². The van der Waals surface area contributed by atoms with Gasteiger partial charge in [-0.25, -0.2) is 0 Å². The van der Waals surface area contributed by atoms with E-state index < -0.39 is 0 Å². The first-order chi connectivity index (χ1) is 16.5. The molecule has 0 aliphatic carbocycles. The van der Waals surface area contributed by atoms with Crippen LogP contribution in [0.3, 0.4) is 0 Å². The first-order valence-corrected chi connectivity index (χ1v) is 12.4. The lowest BCUT2D eigenvalue weighted by molar-refractivity contribution is 0.0919. The molecule has 1 aliphatic heterocycles. The number of methoxy groups -OCH3 is 1.